The fraction of sp³-hybridized carbons (Fsp3) is 0.846. The highest BCUT2D eigenvalue weighted by molar-refractivity contribution is 7.99. The zero-order valence-electron chi connectivity index (χ0n) is 11.2. The number of hydrogen-bond donors (Lipinski definition) is 1. The molecular weight excluding hydrogens is 264 g/mol. The Labute approximate surface area is 118 Å². The summed E-state index contributed by atoms with van der Waals surface area (Å²) >= 11 is 1.87. The van der Waals surface area contributed by atoms with Crippen molar-refractivity contribution < 1.29 is 14.7 Å². The molecule has 5 nitrogen and oxygen atoms in total. The van der Waals surface area contributed by atoms with Gasteiger partial charge in [-0.05, 0) is 25.0 Å². The van der Waals surface area contributed by atoms with Gasteiger partial charge in [-0.1, -0.05) is 12.8 Å². The first-order valence-electron chi connectivity index (χ1n) is 7.06. The zero-order chi connectivity index (χ0) is 13.7. The van der Waals surface area contributed by atoms with Crippen LogP contribution in [0.25, 0.3) is 0 Å². The Balaban J connectivity index is 2.06. The van der Waals surface area contributed by atoms with E-state index in [0.29, 0.717) is 13.0 Å². The molecule has 108 valence electrons. The number of amides is 2. The average molecular weight is 286 g/mol. The second-order valence-corrected chi connectivity index (χ2v) is 6.36. The third-order valence-corrected chi connectivity index (χ3v) is 4.82. The lowest BCUT2D eigenvalue weighted by Crippen LogP contribution is -2.51. The van der Waals surface area contributed by atoms with Crippen molar-refractivity contribution in [1.82, 2.24) is 9.80 Å². The second kappa shape index (κ2) is 7.03. The Morgan fingerprint density at radius 3 is 2.63 bits per heavy atom. The first-order valence-corrected chi connectivity index (χ1v) is 8.21. The molecule has 0 aromatic carbocycles. The van der Waals surface area contributed by atoms with E-state index < -0.39 is 12.0 Å². The first kappa shape index (κ1) is 14.5. The van der Waals surface area contributed by atoms with E-state index in [1.165, 1.54) is 0 Å². The van der Waals surface area contributed by atoms with Crippen molar-refractivity contribution in [2.45, 2.75) is 38.1 Å². The lowest BCUT2D eigenvalue weighted by Gasteiger charge is -2.32. The van der Waals surface area contributed by atoms with E-state index >= 15 is 0 Å². The van der Waals surface area contributed by atoms with E-state index in [1.54, 1.807) is 4.90 Å². The topological polar surface area (TPSA) is 60.9 Å². The Morgan fingerprint density at radius 2 is 1.84 bits per heavy atom. The van der Waals surface area contributed by atoms with Crippen LogP contribution in [-0.4, -0.2) is 64.1 Å². The van der Waals surface area contributed by atoms with Crippen molar-refractivity contribution in [2.24, 2.45) is 0 Å². The van der Waals surface area contributed by atoms with Crippen LogP contribution in [0.1, 0.15) is 32.1 Å². The van der Waals surface area contributed by atoms with Crippen LogP contribution in [0, 0.1) is 0 Å². The highest BCUT2D eigenvalue weighted by Crippen LogP contribution is 2.20. The molecule has 1 unspecified atom stereocenters. The molecule has 2 aliphatic heterocycles. The molecule has 2 heterocycles. The fourth-order valence-electron chi connectivity index (χ4n) is 2.71. The first-order chi connectivity index (χ1) is 9.20. The van der Waals surface area contributed by atoms with Crippen LogP contribution in [-0.2, 0) is 4.79 Å². The Bertz CT molecular complexity index is 330. The van der Waals surface area contributed by atoms with Gasteiger partial charge in [0, 0.05) is 25.4 Å². The van der Waals surface area contributed by atoms with E-state index in [2.05, 4.69) is 0 Å². The van der Waals surface area contributed by atoms with E-state index in [1.807, 2.05) is 16.7 Å². The number of aliphatic carboxylic acids is 1. The molecule has 0 aromatic rings. The number of carboxylic acids is 1. The lowest BCUT2D eigenvalue weighted by molar-refractivity contribution is -0.142. The maximum atomic E-state index is 12.6. The molecule has 1 N–H and O–H groups in total. The average Bonchev–Trinajstić information content (AvgIpc) is 2.80. The minimum absolute atomic E-state index is 0.0724. The van der Waals surface area contributed by atoms with Crippen LogP contribution in [0.4, 0.5) is 4.79 Å². The van der Waals surface area contributed by atoms with Crippen LogP contribution in [0.3, 0.4) is 0 Å². The molecule has 0 aliphatic carbocycles. The van der Waals surface area contributed by atoms with E-state index in [9.17, 15) is 14.7 Å². The molecule has 0 aromatic heterocycles. The van der Waals surface area contributed by atoms with Gasteiger partial charge in [-0.3, -0.25) is 0 Å². The van der Waals surface area contributed by atoms with Gasteiger partial charge in [-0.15, -0.1) is 0 Å². The van der Waals surface area contributed by atoms with Gasteiger partial charge in [-0.2, -0.15) is 11.8 Å². The van der Waals surface area contributed by atoms with Gasteiger partial charge < -0.3 is 14.9 Å². The Kier molecular flexibility index (Phi) is 5.36. The van der Waals surface area contributed by atoms with Gasteiger partial charge in [0.15, 0.2) is 0 Å². The third-order valence-electron chi connectivity index (χ3n) is 3.78. The number of urea groups is 1. The summed E-state index contributed by atoms with van der Waals surface area (Å²) in [5.74, 6) is 1.18. The van der Waals surface area contributed by atoms with E-state index in [-0.39, 0.29) is 6.03 Å². The largest absolute Gasteiger partial charge is 0.480 e. The number of thioether (sulfide) groups is 1. The molecule has 0 bridgehead atoms. The predicted molar refractivity (Wildman–Crippen MR) is 75.5 cm³/mol. The molecule has 1 atom stereocenters. The number of likely N-dealkylation sites (tertiary alicyclic amines) is 1. The second-order valence-electron chi connectivity index (χ2n) is 5.13. The van der Waals surface area contributed by atoms with Crippen molar-refractivity contribution in [3.8, 4) is 0 Å². The van der Waals surface area contributed by atoms with Crippen molar-refractivity contribution in [1.29, 1.82) is 0 Å². The highest BCUT2D eigenvalue weighted by atomic mass is 32.2. The minimum atomic E-state index is -0.862. The SMILES string of the molecule is O=C(O)C1CCCCCN1C(=O)N1CCCSCC1. The van der Waals surface area contributed by atoms with Gasteiger partial charge in [0.05, 0.1) is 0 Å². The minimum Gasteiger partial charge on any atom is -0.480 e. The van der Waals surface area contributed by atoms with E-state index in [0.717, 1.165) is 50.3 Å². The lowest BCUT2D eigenvalue weighted by atomic mass is 10.1. The van der Waals surface area contributed by atoms with Gasteiger partial charge in [0.2, 0.25) is 0 Å². The number of hydrogen-bond acceptors (Lipinski definition) is 3. The Morgan fingerprint density at radius 1 is 1.00 bits per heavy atom. The summed E-state index contributed by atoms with van der Waals surface area (Å²) in [5.41, 5.74) is 0. The fourth-order valence-corrected chi connectivity index (χ4v) is 3.60. The van der Waals surface area contributed by atoms with Crippen molar-refractivity contribution >= 4 is 23.8 Å². The van der Waals surface area contributed by atoms with Gasteiger partial charge in [-0.25, -0.2) is 9.59 Å². The number of carbonyl (C=O) groups excluding carboxylic acids is 1. The van der Waals surface area contributed by atoms with Crippen LogP contribution in [0.5, 0.6) is 0 Å². The standard InChI is InChI=1S/C13H22N2O3S/c16-12(17)11-5-2-1-3-7-15(11)13(18)14-6-4-9-19-10-8-14/h11H,1-10H2,(H,16,17). The number of carbonyl (C=O) groups is 2. The van der Waals surface area contributed by atoms with Gasteiger partial charge in [0.25, 0.3) is 0 Å². The van der Waals surface area contributed by atoms with Crippen LogP contribution >= 0.6 is 11.8 Å². The monoisotopic (exact) mass is 286 g/mol. The number of carboxylic acid groups (broad SMARTS) is 1. The number of rotatable bonds is 1. The summed E-state index contributed by atoms with van der Waals surface area (Å²) in [6.45, 7) is 2.08. The summed E-state index contributed by atoms with van der Waals surface area (Å²) in [6, 6.07) is -0.706. The van der Waals surface area contributed by atoms with Crippen molar-refractivity contribution in [3.63, 3.8) is 0 Å². The van der Waals surface area contributed by atoms with E-state index in [4.69, 9.17) is 0 Å². The molecule has 6 heteroatoms. The number of nitrogens with zero attached hydrogens (tertiary/aromatic N) is 2. The molecule has 2 saturated heterocycles. The zero-order valence-corrected chi connectivity index (χ0v) is 12.0. The normalized spacial score (nSPS) is 25.6. The van der Waals surface area contributed by atoms with Crippen LogP contribution in [0.15, 0.2) is 0 Å². The molecule has 2 amide bonds. The molecule has 2 aliphatic rings. The smallest absolute Gasteiger partial charge is 0.326 e. The van der Waals surface area contributed by atoms with Crippen molar-refractivity contribution in [3.05, 3.63) is 0 Å². The molecule has 0 radical (unpaired) electrons. The highest BCUT2D eigenvalue weighted by Gasteiger charge is 2.33. The molecule has 0 saturated carbocycles. The third kappa shape index (κ3) is 3.78. The molecular formula is C13H22N2O3S. The summed E-state index contributed by atoms with van der Waals surface area (Å²) in [5, 5.41) is 9.32. The molecule has 19 heavy (non-hydrogen) atoms. The van der Waals surface area contributed by atoms with Crippen molar-refractivity contribution in [2.75, 3.05) is 31.1 Å². The molecule has 0 spiro atoms. The predicted octanol–water partition coefficient (Wildman–Crippen LogP) is 1.87. The maximum absolute atomic E-state index is 12.6. The summed E-state index contributed by atoms with van der Waals surface area (Å²) in [7, 11) is 0. The maximum Gasteiger partial charge on any atom is 0.326 e. The van der Waals surface area contributed by atoms with Gasteiger partial charge >= 0.3 is 12.0 Å². The molecule has 2 rings (SSSR count). The Hall–Kier alpha value is -0.910. The quantitative estimate of drug-likeness (QED) is 0.799. The van der Waals surface area contributed by atoms with Crippen LogP contribution in [0.2, 0.25) is 0 Å². The molecule has 2 fully saturated rings. The van der Waals surface area contributed by atoms with Crippen LogP contribution < -0.4 is 0 Å². The summed E-state index contributed by atoms with van der Waals surface area (Å²) in [4.78, 5) is 27.3. The summed E-state index contributed by atoms with van der Waals surface area (Å²) < 4.78 is 0. The summed E-state index contributed by atoms with van der Waals surface area (Å²) in [6.07, 6.45) is 4.42. The van der Waals surface area contributed by atoms with Gasteiger partial charge in [0.1, 0.15) is 6.04 Å².